The minimum absolute atomic E-state index is 0. The van der Waals surface area contributed by atoms with E-state index in [0.29, 0.717) is 30.7 Å². The summed E-state index contributed by atoms with van der Waals surface area (Å²) in [5.74, 6) is 1.12. The number of amides is 2. The Morgan fingerprint density at radius 1 is 1.23 bits per heavy atom. The first kappa shape index (κ1) is 20.9. The van der Waals surface area contributed by atoms with Crippen LogP contribution in [-0.4, -0.2) is 47.9 Å². The van der Waals surface area contributed by atoms with Crippen molar-refractivity contribution in [1.29, 1.82) is 5.26 Å². The highest BCUT2D eigenvalue weighted by molar-refractivity contribution is 5.83. The van der Waals surface area contributed by atoms with Gasteiger partial charge in [-0.1, -0.05) is 31.2 Å². The van der Waals surface area contributed by atoms with Crippen molar-refractivity contribution in [3.8, 4) is 6.07 Å². The van der Waals surface area contributed by atoms with Gasteiger partial charge in [-0.2, -0.15) is 5.26 Å². The van der Waals surface area contributed by atoms with Crippen LogP contribution in [0.15, 0.2) is 24.3 Å². The number of nitrogens with one attached hydrogen (secondary N) is 2. The molecule has 4 atom stereocenters. The Morgan fingerprint density at radius 3 is 2.53 bits per heavy atom. The summed E-state index contributed by atoms with van der Waals surface area (Å²) in [7, 11) is 0. The normalized spacial score (nSPS) is 26.9. The maximum atomic E-state index is 12.6. The van der Waals surface area contributed by atoms with Crippen LogP contribution in [0, 0.1) is 17.2 Å². The zero-order valence-electron chi connectivity index (χ0n) is 17.8. The molecule has 6 nitrogen and oxygen atoms in total. The molecular formula is C24H36N4O2. The largest absolute Gasteiger partial charge is 0.343 e. The number of nitrogens with zero attached hydrogens (tertiary/aromatic N) is 2. The van der Waals surface area contributed by atoms with Crippen LogP contribution in [0.1, 0.15) is 65.3 Å². The van der Waals surface area contributed by atoms with Crippen LogP contribution >= 0.6 is 0 Å². The Labute approximate surface area is 182 Å². The lowest BCUT2D eigenvalue weighted by atomic mass is 9.88. The fourth-order valence-corrected chi connectivity index (χ4v) is 5.39. The predicted molar refractivity (Wildman–Crippen MR) is 119 cm³/mol. The topological polar surface area (TPSA) is 85.2 Å². The van der Waals surface area contributed by atoms with Crippen molar-refractivity contribution >= 4 is 11.8 Å². The van der Waals surface area contributed by atoms with Crippen molar-refractivity contribution in [2.24, 2.45) is 5.92 Å². The fraction of sp³-hybridized carbons (Fsp3) is 0.625. The Bertz CT molecular complexity index is 818. The molecule has 2 aliphatic heterocycles. The third kappa shape index (κ3) is 4.52. The predicted octanol–water partition coefficient (Wildman–Crippen LogP) is 2.99. The van der Waals surface area contributed by atoms with Gasteiger partial charge < -0.3 is 15.5 Å². The Morgan fingerprint density at radius 2 is 1.97 bits per heavy atom. The van der Waals surface area contributed by atoms with Gasteiger partial charge in [0, 0.05) is 34.8 Å². The van der Waals surface area contributed by atoms with Crippen LogP contribution in [0.3, 0.4) is 0 Å². The number of carbonyl (C=O) groups excluding carboxylic acids is 2. The van der Waals surface area contributed by atoms with Crippen molar-refractivity contribution < 1.29 is 12.4 Å². The summed E-state index contributed by atoms with van der Waals surface area (Å²) in [4.78, 5) is 26.4. The molecule has 30 heavy (non-hydrogen) atoms. The molecule has 6 heteroatoms. The molecule has 164 valence electrons. The van der Waals surface area contributed by atoms with Gasteiger partial charge >= 0.3 is 0 Å². The minimum atomic E-state index is -0.507. The Balaban J connectivity index is 0.00000181. The molecule has 0 spiro atoms. The van der Waals surface area contributed by atoms with E-state index in [-0.39, 0.29) is 20.7 Å². The van der Waals surface area contributed by atoms with Crippen molar-refractivity contribution in [3.05, 3.63) is 35.4 Å². The monoisotopic (exact) mass is 412 g/mol. The van der Waals surface area contributed by atoms with Crippen LogP contribution in [0.25, 0.3) is 0 Å². The van der Waals surface area contributed by atoms with Gasteiger partial charge in [0.1, 0.15) is 6.04 Å². The zero-order valence-corrected chi connectivity index (χ0v) is 17.8. The van der Waals surface area contributed by atoms with E-state index < -0.39 is 6.04 Å². The summed E-state index contributed by atoms with van der Waals surface area (Å²) in [6.45, 7) is 3.58. The quantitative estimate of drug-likeness (QED) is 0.752. The number of piperidine rings is 2. The molecule has 2 N–H and O–H groups in total. The Hall–Kier alpha value is -2.39. The maximum absolute atomic E-state index is 12.6. The fourth-order valence-electron chi connectivity index (χ4n) is 5.39. The van der Waals surface area contributed by atoms with Crippen LogP contribution in [0.5, 0.6) is 0 Å². The number of hydrogen-bond acceptors (Lipinski definition) is 4. The summed E-state index contributed by atoms with van der Waals surface area (Å²) < 4.78 is 0. The number of benzene rings is 1. The molecule has 2 saturated heterocycles. The standard InChI is InChI=1S/C24H32N4O2.2H2/c1-2-22(29)28-11-9-18(10-12-28)17-5-3-16(4-6-17)13-21(15-25)27-24(30)23-19-7-8-20(14-19)26-23;;/h3-6,18-21,23,26H,2,7-14H2,1H3,(H,27,30);2*1H/t19-,20?,21-,23-;;/m0../s1. The average Bonchev–Trinajstić information content (AvgIpc) is 3.42. The van der Waals surface area contributed by atoms with E-state index in [2.05, 4.69) is 41.0 Å². The third-order valence-corrected chi connectivity index (χ3v) is 7.16. The van der Waals surface area contributed by atoms with Crippen LogP contribution in [0.4, 0.5) is 0 Å². The lowest BCUT2D eigenvalue weighted by molar-refractivity contribution is -0.131. The van der Waals surface area contributed by atoms with Gasteiger partial charge in [0.25, 0.3) is 0 Å². The third-order valence-electron chi connectivity index (χ3n) is 7.16. The van der Waals surface area contributed by atoms with E-state index in [1.165, 1.54) is 5.56 Å². The van der Waals surface area contributed by atoms with Crippen LogP contribution in [0.2, 0.25) is 0 Å². The molecule has 1 aliphatic carbocycles. The molecule has 1 aromatic carbocycles. The number of rotatable bonds is 6. The maximum Gasteiger partial charge on any atom is 0.238 e. The van der Waals surface area contributed by atoms with E-state index in [9.17, 15) is 14.9 Å². The van der Waals surface area contributed by atoms with Gasteiger partial charge in [0.2, 0.25) is 11.8 Å². The van der Waals surface area contributed by atoms with Gasteiger partial charge in [0.05, 0.1) is 12.1 Å². The lowest BCUT2D eigenvalue weighted by Gasteiger charge is -2.32. The second kappa shape index (κ2) is 9.18. The molecule has 1 saturated carbocycles. The molecule has 1 aromatic rings. The molecule has 2 heterocycles. The smallest absolute Gasteiger partial charge is 0.238 e. The number of carbonyl (C=O) groups is 2. The zero-order chi connectivity index (χ0) is 21.1. The summed E-state index contributed by atoms with van der Waals surface area (Å²) in [5, 5.41) is 15.9. The van der Waals surface area contributed by atoms with E-state index in [4.69, 9.17) is 0 Å². The van der Waals surface area contributed by atoms with Gasteiger partial charge in [-0.05, 0) is 55.1 Å². The first-order chi connectivity index (χ1) is 14.6. The average molecular weight is 413 g/mol. The highest BCUT2D eigenvalue weighted by atomic mass is 16.2. The van der Waals surface area contributed by atoms with Crippen LogP contribution in [-0.2, 0) is 16.0 Å². The summed E-state index contributed by atoms with van der Waals surface area (Å²) in [6, 6.07) is 10.5. The van der Waals surface area contributed by atoms with Gasteiger partial charge in [-0.3, -0.25) is 9.59 Å². The number of nitriles is 1. The van der Waals surface area contributed by atoms with Crippen molar-refractivity contribution in [1.82, 2.24) is 15.5 Å². The highest BCUT2D eigenvalue weighted by Crippen LogP contribution is 2.35. The van der Waals surface area contributed by atoms with E-state index >= 15 is 0 Å². The van der Waals surface area contributed by atoms with E-state index in [1.807, 2.05) is 11.8 Å². The molecule has 0 aromatic heterocycles. The molecule has 3 fully saturated rings. The summed E-state index contributed by atoms with van der Waals surface area (Å²) in [6.07, 6.45) is 6.45. The van der Waals surface area contributed by atoms with Crippen LogP contribution < -0.4 is 10.6 Å². The highest BCUT2D eigenvalue weighted by Gasteiger charge is 2.43. The van der Waals surface area contributed by atoms with Gasteiger partial charge in [-0.15, -0.1) is 0 Å². The van der Waals surface area contributed by atoms with E-state index in [1.54, 1.807) is 0 Å². The van der Waals surface area contributed by atoms with Gasteiger partial charge in [-0.25, -0.2) is 0 Å². The number of fused-ring (bicyclic) bond motifs is 2. The molecule has 1 unspecified atom stereocenters. The second-order valence-corrected chi connectivity index (χ2v) is 9.06. The van der Waals surface area contributed by atoms with Crippen molar-refractivity contribution in [2.75, 3.05) is 13.1 Å². The number of hydrogen-bond donors (Lipinski definition) is 2. The van der Waals surface area contributed by atoms with E-state index in [0.717, 1.165) is 50.8 Å². The van der Waals surface area contributed by atoms with Gasteiger partial charge in [0.15, 0.2) is 0 Å². The SMILES string of the molecule is CCC(=O)N1CCC(c2ccc(C[C@@H](C#N)NC(=O)[C@H]3NC4CC[C@H]3C4)cc2)CC1.[HH].[HH]. The number of likely N-dealkylation sites (tertiary alicyclic amines) is 1. The lowest BCUT2D eigenvalue weighted by Crippen LogP contribution is -2.50. The Kier molecular flexibility index (Phi) is 6.38. The molecule has 2 amide bonds. The molecule has 4 rings (SSSR count). The van der Waals surface area contributed by atoms with Crippen molar-refractivity contribution in [2.45, 2.75) is 75.9 Å². The molecule has 0 radical (unpaired) electrons. The first-order valence-corrected chi connectivity index (χ1v) is 11.4. The summed E-state index contributed by atoms with van der Waals surface area (Å²) in [5.41, 5.74) is 2.36. The molecule has 2 bridgehead atoms. The first-order valence-electron chi connectivity index (χ1n) is 11.4. The minimum Gasteiger partial charge on any atom is -0.343 e. The second-order valence-electron chi connectivity index (χ2n) is 9.06. The molecule has 3 aliphatic rings. The summed E-state index contributed by atoms with van der Waals surface area (Å²) >= 11 is 0. The molecular weight excluding hydrogens is 376 g/mol. The van der Waals surface area contributed by atoms with Crippen molar-refractivity contribution in [3.63, 3.8) is 0 Å².